The Morgan fingerprint density at radius 1 is 1.35 bits per heavy atom. The van der Waals surface area contributed by atoms with Crippen LogP contribution < -0.4 is 5.32 Å². The summed E-state index contributed by atoms with van der Waals surface area (Å²) in [5.41, 5.74) is 2.49. The van der Waals surface area contributed by atoms with Gasteiger partial charge in [0.2, 0.25) is 0 Å². The molecule has 0 bridgehead atoms. The van der Waals surface area contributed by atoms with Gasteiger partial charge in [0.25, 0.3) is 0 Å². The minimum Gasteiger partial charge on any atom is -0.311 e. The summed E-state index contributed by atoms with van der Waals surface area (Å²) in [5, 5.41) is 12.0. The molecule has 1 unspecified atom stereocenters. The van der Waals surface area contributed by atoms with Crippen LogP contribution in [0.4, 0.5) is 0 Å². The SMILES string of the molecule is CC(CN1CCCC1)n1nnc2c1CCNC2. The van der Waals surface area contributed by atoms with E-state index < -0.39 is 0 Å². The molecule has 0 aromatic carbocycles. The maximum Gasteiger partial charge on any atom is 0.0997 e. The highest BCUT2D eigenvalue weighted by Crippen LogP contribution is 2.18. The highest BCUT2D eigenvalue weighted by atomic mass is 15.5. The quantitative estimate of drug-likeness (QED) is 0.832. The van der Waals surface area contributed by atoms with Crippen LogP contribution in [0.1, 0.15) is 37.2 Å². The third-order valence-electron chi connectivity index (χ3n) is 3.84. The smallest absolute Gasteiger partial charge is 0.0997 e. The molecule has 0 radical (unpaired) electrons. The van der Waals surface area contributed by atoms with E-state index in [2.05, 4.69) is 32.1 Å². The summed E-state index contributed by atoms with van der Waals surface area (Å²) in [5.74, 6) is 0. The van der Waals surface area contributed by atoms with Gasteiger partial charge < -0.3 is 10.2 Å². The zero-order valence-electron chi connectivity index (χ0n) is 10.5. The van der Waals surface area contributed by atoms with Gasteiger partial charge in [-0.15, -0.1) is 5.10 Å². The van der Waals surface area contributed by atoms with E-state index in [1.165, 1.54) is 31.6 Å². The van der Waals surface area contributed by atoms with Crippen LogP contribution in [-0.4, -0.2) is 46.1 Å². The molecule has 5 nitrogen and oxygen atoms in total. The van der Waals surface area contributed by atoms with E-state index in [0.29, 0.717) is 6.04 Å². The van der Waals surface area contributed by atoms with Gasteiger partial charge in [-0.1, -0.05) is 5.21 Å². The molecule has 1 N–H and O–H groups in total. The third kappa shape index (κ3) is 2.21. The van der Waals surface area contributed by atoms with Crippen LogP contribution in [0.25, 0.3) is 0 Å². The van der Waals surface area contributed by atoms with E-state index in [0.717, 1.165) is 31.7 Å². The minimum absolute atomic E-state index is 0.447. The predicted octanol–water partition coefficient (Wildman–Crippen LogP) is 0.581. The normalized spacial score (nSPS) is 22.6. The molecule has 5 heteroatoms. The van der Waals surface area contributed by atoms with Crippen LogP contribution in [0.3, 0.4) is 0 Å². The molecule has 17 heavy (non-hydrogen) atoms. The fraction of sp³-hybridized carbons (Fsp3) is 0.833. The Balaban J connectivity index is 1.71. The van der Waals surface area contributed by atoms with Gasteiger partial charge in [0.15, 0.2) is 0 Å². The number of rotatable bonds is 3. The van der Waals surface area contributed by atoms with Crippen molar-refractivity contribution in [1.29, 1.82) is 0 Å². The van der Waals surface area contributed by atoms with Gasteiger partial charge in [0.1, 0.15) is 0 Å². The first-order valence-corrected chi connectivity index (χ1v) is 6.70. The summed E-state index contributed by atoms with van der Waals surface area (Å²) in [6.07, 6.45) is 3.77. The van der Waals surface area contributed by atoms with Crippen molar-refractivity contribution in [3.8, 4) is 0 Å². The number of fused-ring (bicyclic) bond motifs is 1. The lowest BCUT2D eigenvalue weighted by Crippen LogP contribution is -2.30. The van der Waals surface area contributed by atoms with Crippen molar-refractivity contribution in [2.45, 2.75) is 38.8 Å². The fourth-order valence-corrected chi connectivity index (χ4v) is 2.93. The molecule has 0 saturated carbocycles. The first-order chi connectivity index (χ1) is 8.34. The fourth-order valence-electron chi connectivity index (χ4n) is 2.93. The maximum atomic E-state index is 4.34. The summed E-state index contributed by atoms with van der Waals surface area (Å²) in [6, 6.07) is 0.447. The Bertz CT molecular complexity index is 380. The van der Waals surface area contributed by atoms with Crippen molar-refractivity contribution in [1.82, 2.24) is 25.2 Å². The molecule has 0 amide bonds. The van der Waals surface area contributed by atoms with Crippen LogP contribution in [0, 0.1) is 0 Å². The second kappa shape index (κ2) is 4.74. The Morgan fingerprint density at radius 3 is 3.00 bits per heavy atom. The van der Waals surface area contributed by atoms with Crippen LogP contribution in [0.15, 0.2) is 0 Å². The van der Waals surface area contributed by atoms with Crippen LogP contribution >= 0.6 is 0 Å². The number of hydrogen-bond donors (Lipinski definition) is 1. The van der Waals surface area contributed by atoms with Crippen molar-refractivity contribution in [3.05, 3.63) is 11.4 Å². The van der Waals surface area contributed by atoms with Gasteiger partial charge in [0, 0.05) is 26.1 Å². The number of aromatic nitrogens is 3. The van der Waals surface area contributed by atoms with E-state index >= 15 is 0 Å². The lowest BCUT2D eigenvalue weighted by Gasteiger charge is -2.22. The lowest BCUT2D eigenvalue weighted by atomic mass is 10.1. The second-order valence-corrected chi connectivity index (χ2v) is 5.21. The average Bonchev–Trinajstić information content (AvgIpc) is 2.96. The number of likely N-dealkylation sites (tertiary alicyclic amines) is 1. The topological polar surface area (TPSA) is 46.0 Å². The van der Waals surface area contributed by atoms with Gasteiger partial charge in [-0.25, -0.2) is 4.68 Å². The van der Waals surface area contributed by atoms with Gasteiger partial charge in [-0.05, 0) is 32.9 Å². The van der Waals surface area contributed by atoms with Crippen molar-refractivity contribution in [2.24, 2.45) is 0 Å². The Hall–Kier alpha value is -0.940. The minimum atomic E-state index is 0.447. The van der Waals surface area contributed by atoms with Gasteiger partial charge in [0.05, 0.1) is 17.4 Å². The predicted molar refractivity (Wildman–Crippen MR) is 65.8 cm³/mol. The molecule has 2 aliphatic rings. The summed E-state index contributed by atoms with van der Waals surface area (Å²) in [6.45, 7) is 7.81. The highest BCUT2D eigenvalue weighted by molar-refractivity contribution is 5.14. The lowest BCUT2D eigenvalue weighted by molar-refractivity contribution is 0.272. The highest BCUT2D eigenvalue weighted by Gasteiger charge is 2.22. The average molecular weight is 235 g/mol. The van der Waals surface area contributed by atoms with Gasteiger partial charge in [-0.3, -0.25) is 0 Å². The van der Waals surface area contributed by atoms with Crippen molar-refractivity contribution in [3.63, 3.8) is 0 Å². The number of nitrogens with one attached hydrogen (secondary N) is 1. The van der Waals surface area contributed by atoms with Gasteiger partial charge in [-0.2, -0.15) is 0 Å². The molecule has 1 aromatic heterocycles. The zero-order chi connectivity index (χ0) is 11.7. The Labute approximate surface area is 102 Å². The largest absolute Gasteiger partial charge is 0.311 e. The molecule has 1 aromatic rings. The standard InChI is InChI=1S/C12H21N5/c1-10(9-16-6-2-3-7-16)17-12-4-5-13-8-11(12)14-15-17/h10,13H,2-9H2,1H3. The molecule has 1 fully saturated rings. The van der Waals surface area contributed by atoms with Crippen molar-refractivity contribution in [2.75, 3.05) is 26.2 Å². The molecule has 94 valence electrons. The summed E-state index contributed by atoms with van der Waals surface area (Å²) in [7, 11) is 0. The van der Waals surface area contributed by atoms with Crippen molar-refractivity contribution >= 4 is 0 Å². The van der Waals surface area contributed by atoms with E-state index in [1.54, 1.807) is 0 Å². The molecular weight excluding hydrogens is 214 g/mol. The van der Waals surface area contributed by atoms with Gasteiger partial charge >= 0.3 is 0 Å². The number of hydrogen-bond acceptors (Lipinski definition) is 4. The molecule has 1 atom stereocenters. The monoisotopic (exact) mass is 235 g/mol. The molecule has 3 heterocycles. The van der Waals surface area contributed by atoms with Crippen molar-refractivity contribution < 1.29 is 0 Å². The van der Waals surface area contributed by atoms with E-state index in [9.17, 15) is 0 Å². The van der Waals surface area contributed by atoms with E-state index in [4.69, 9.17) is 0 Å². The van der Waals surface area contributed by atoms with Crippen LogP contribution in [0.2, 0.25) is 0 Å². The second-order valence-electron chi connectivity index (χ2n) is 5.21. The Morgan fingerprint density at radius 2 is 2.18 bits per heavy atom. The maximum absolute atomic E-state index is 4.34. The van der Waals surface area contributed by atoms with Crippen LogP contribution in [-0.2, 0) is 13.0 Å². The molecule has 1 saturated heterocycles. The zero-order valence-corrected chi connectivity index (χ0v) is 10.5. The molecule has 3 rings (SSSR count). The molecule has 0 aliphatic carbocycles. The molecule has 0 spiro atoms. The van der Waals surface area contributed by atoms with Crippen LogP contribution in [0.5, 0.6) is 0 Å². The summed E-state index contributed by atoms with van der Waals surface area (Å²) < 4.78 is 2.15. The van der Waals surface area contributed by atoms with E-state index in [-0.39, 0.29) is 0 Å². The third-order valence-corrected chi connectivity index (χ3v) is 3.84. The summed E-state index contributed by atoms with van der Waals surface area (Å²) >= 11 is 0. The number of nitrogens with zero attached hydrogens (tertiary/aromatic N) is 4. The summed E-state index contributed by atoms with van der Waals surface area (Å²) in [4.78, 5) is 2.54. The first-order valence-electron chi connectivity index (χ1n) is 6.70. The molecular formula is C12H21N5. The first kappa shape index (κ1) is 11.2. The molecule has 2 aliphatic heterocycles. The van der Waals surface area contributed by atoms with E-state index in [1.807, 2.05) is 0 Å². The Kier molecular flexibility index (Phi) is 3.11.